The van der Waals surface area contributed by atoms with Gasteiger partial charge in [-0.3, -0.25) is 0 Å². The first-order chi connectivity index (χ1) is 7.57. The number of hydrogen-bond acceptors (Lipinski definition) is 2. The lowest BCUT2D eigenvalue weighted by Gasteiger charge is -2.17. The Labute approximate surface area is 106 Å². The molecule has 2 N–H and O–H groups in total. The summed E-state index contributed by atoms with van der Waals surface area (Å²) in [4.78, 5) is 0. The monoisotopic (exact) mass is 282 g/mol. The molecule has 3 heteroatoms. The van der Waals surface area contributed by atoms with E-state index in [0.717, 1.165) is 13.1 Å². The second kappa shape index (κ2) is 4.86. The average Bonchev–Trinajstić information content (AvgIpc) is 2.57. The summed E-state index contributed by atoms with van der Waals surface area (Å²) in [5.74, 6) is 0. The fraction of sp³-hybridized carbons (Fsp3) is 0.538. The normalized spacial score (nSPS) is 23.6. The first-order valence-corrected chi connectivity index (χ1v) is 6.58. The SMILES string of the molecule is CC1(C)CC(NCc2ccccc2Br)CN1. The summed E-state index contributed by atoms with van der Waals surface area (Å²) in [5, 5.41) is 7.12. The largest absolute Gasteiger partial charge is 0.310 e. The van der Waals surface area contributed by atoms with Crippen molar-refractivity contribution in [1.82, 2.24) is 10.6 Å². The van der Waals surface area contributed by atoms with Crippen LogP contribution in [0.5, 0.6) is 0 Å². The zero-order valence-electron chi connectivity index (χ0n) is 9.89. The molecule has 0 bridgehead atoms. The minimum Gasteiger partial charge on any atom is -0.310 e. The number of hydrogen-bond donors (Lipinski definition) is 2. The van der Waals surface area contributed by atoms with Crippen molar-refractivity contribution in [3.05, 3.63) is 34.3 Å². The molecule has 16 heavy (non-hydrogen) atoms. The van der Waals surface area contributed by atoms with Gasteiger partial charge in [0, 0.05) is 29.1 Å². The van der Waals surface area contributed by atoms with Gasteiger partial charge in [0.2, 0.25) is 0 Å². The van der Waals surface area contributed by atoms with Crippen LogP contribution in [0, 0.1) is 0 Å². The molecule has 1 unspecified atom stereocenters. The van der Waals surface area contributed by atoms with E-state index in [9.17, 15) is 0 Å². The van der Waals surface area contributed by atoms with E-state index in [1.165, 1.54) is 16.5 Å². The molecule has 0 saturated carbocycles. The van der Waals surface area contributed by atoms with Crippen molar-refractivity contribution >= 4 is 15.9 Å². The van der Waals surface area contributed by atoms with Gasteiger partial charge in [-0.15, -0.1) is 0 Å². The van der Waals surface area contributed by atoms with Gasteiger partial charge < -0.3 is 10.6 Å². The molecule has 1 aromatic rings. The van der Waals surface area contributed by atoms with Gasteiger partial charge in [0.15, 0.2) is 0 Å². The highest BCUT2D eigenvalue weighted by molar-refractivity contribution is 9.10. The summed E-state index contributed by atoms with van der Waals surface area (Å²) < 4.78 is 1.19. The molecule has 0 amide bonds. The molecule has 1 saturated heterocycles. The fourth-order valence-electron chi connectivity index (χ4n) is 2.20. The molecular formula is C13H19BrN2. The maximum atomic E-state index is 3.60. The molecule has 1 aliphatic rings. The second-order valence-corrected chi connectivity index (χ2v) is 5.99. The van der Waals surface area contributed by atoms with E-state index in [1.54, 1.807) is 0 Å². The number of benzene rings is 1. The van der Waals surface area contributed by atoms with Crippen LogP contribution >= 0.6 is 15.9 Å². The van der Waals surface area contributed by atoms with Crippen molar-refractivity contribution < 1.29 is 0 Å². The van der Waals surface area contributed by atoms with Crippen LogP contribution in [0.25, 0.3) is 0 Å². The molecule has 1 atom stereocenters. The van der Waals surface area contributed by atoms with Crippen LogP contribution < -0.4 is 10.6 Å². The number of halogens is 1. The predicted molar refractivity (Wildman–Crippen MR) is 71.5 cm³/mol. The average molecular weight is 283 g/mol. The quantitative estimate of drug-likeness (QED) is 0.891. The van der Waals surface area contributed by atoms with E-state index in [-0.39, 0.29) is 5.54 Å². The summed E-state index contributed by atoms with van der Waals surface area (Å²) in [7, 11) is 0. The molecule has 0 radical (unpaired) electrons. The maximum Gasteiger partial charge on any atom is 0.0220 e. The van der Waals surface area contributed by atoms with Gasteiger partial charge in [0.1, 0.15) is 0 Å². The Bertz CT molecular complexity index is 363. The molecule has 0 aromatic heterocycles. The van der Waals surface area contributed by atoms with Gasteiger partial charge in [-0.2, -0.15) is 0 Å². The zero-order chi connectivity index (χ0) is 11.6. The van der Waals surface area contributed by atoms with E-state index in [2.05, 4.69) is 58.6 Å². The summed E-state index contributed by atoms with van der Waals surface area (Å²) in [5.41, 5.74) is 1.61. The summed E-state index contributed by atoms with van der Waals surface area (Å²) in [6, 6.07) is 8.97. The Morgan fingerprint density at radius 1 is 1.44 bits per heavy atom. The fourth-order valence-corrected chi connectivity index (χ4v) is 2.63. The Hall–Kier alpha value is -0.380. The molecule has 0 spiro atoms. The predicted octanol–water partition coefficient (Wildman–Crippen LogP) is 2.68. The third kappa shape index (κ3) is 3.06. The zero-order valence-corrected chi connectivity index (χ0v) is 11.5. The van der Waals surface area contributed by atoms with E-state index in [4.69, 9.17) is 0 Å². The number of rotatable bonds is 3. The van der Waals surface area contributed by atoms with Crippen LogP contribution in [0.15, 0.2) is 28.7 Å². The standard InChI is InChI=1S/C13H19BrN2/c1-13(2)7-11(9-16-13)15-8-10-5-3-4-6-12(10)14/h3-6,11,15-16H,7-9H2,1-2H3. The van der Waals surface area contributed by atoms with Crippen LogP contribution in [-0.4, -0.2) is 18.1 Å². The first-order valence-electron chi connectivity index (χ1n) is 5.79. The topological polar surface area (TPSA) is 24.1 Å². The van der Waals surface area contributed by atoms with Crippen LogP contribution in [0.1, 0.15) is 25.8 Å². The van der Waals surface area contributed by atoms with Crippen LogP contribution in [0.3, 0.4) is 0 Å². The van der Waals surface area contributed by atoms with Crippen molar-refractivity contribution in [2.24, 2.45) is 0 Å². The van der Waals surface area contributed by atoms with Crippen molar-refractivity contribution in [2.45, 2.75) is 38.4 Å². The molecular weight excluding hydrogens is 264 g/mol. The van der Waals surface area contributed by atoms with Gasteiger partial charge in [0.25, 0.3) is 0 Å². The Balaban J connectivity index is 1.87. The van der Waals surface area contributed by atoms with Gasteiger partial charge in [-0.1, -0.05) is 34.1 Å². The molecule has 1 fully saturated rings. The van der Waals surface area contributed by atoms with E-state index < -0.39 is 0 Å². The van der Waals surface area contributed by atoms with Crippen molar-refractivity contribution in [3.63, 3.8) is 0 Å². The Morgan fingerprint density at radius 2 is 2.19 bits per heavy atom. The molecule has 1 aromatic carbocycles. The Morgan fingerprint density at radius 3 is 2.81 bits per heavy atom. The van der Waals surface area contributed by atoms with E-state index in [1.807, 2.05) is 6.07 Å². The van der Waals surface area contributed by atoms with Gasteiger partial charge >= 0.3 is 0 Å². The van der Waals surface area contributed by atoms with Gasteiger partial charge in [-0.05, 0) is 31.9 Å². The van der Waals surface area contributed by atoms with Crippen LogP contribution in [0.4, 0.5) is 0 Å². The van der Waals surface area contributed by atoms with Crippen LogP contribution in [-0.2, 0) is 6.54 Å². The lowest BCUT2D eigenvalue weighted by Crippen LogP contribution is -2.31. The third-order valence-corrected chi connectivity index (χ3v) is 3.90. The maximum absolute atomic E-state index is 3.60. The van der Waals surface area contributed by atoms with Crippen molar-refractivity contribution in [2.75, 3.05) is 6.54 Å². The smallest absolute Gasteiger partial charge is 0.0220 e. The first kappa shape index (κ1) is 12.1. The van der Waals surface area contributed by atoms with Crippen molar-refractivity contribution in [1.29, 1.82) is 0 Å². The highest BCUT2D eigenvalue weighted by Gasteiger charge is 2.29. The molecule has 0 aliphatic carbocycles. The van der Waals surface area contributed by atoms with E-state index in [0.29, 0.717) is 6.04 Å². The molecule has 88 valence electrons. The highest BCUT2D eigenvalue weighted by atomic mass is 79.9. The lowest BCUT2D eigenvalue weighted by molar-refractivity contribution is 0.442. The van der Waals surface area contributed by atoms with E-state index >= 15 is 0 Å². The minimum atomic E-state index is 0.283. The molecule has 2 rings (SSSR count). The van der Waals surface area contributed by atoms with Crippen molar-refractivity contribution in [3.8, 4) is 0 Å². The number of nitrogens with one attached hydrogen (secondary N) is 2. The molecule has 1 aliphatic heterocycles. The summed E-state index contributed by atoms with van der Waals surface area (Å²) >= 11 is 3.57. The lowest BCUT2D eigenvalue weighted by atomic mass is 10.0. The van der Waals surface area contributed by atoms with Gasteiger partial charge in [0.05, 0.1) is 0 Å². The third-order valence-electron chi connectivity index (χ3n) is 3.12. The Kier molecular flexibility index (Phi) is 3.67. The van der Waals surface area contributed by atoms with Crippen LogP contribution in [0.2, 0.25) is 0 Å². The van der Waals surface area contributed by atoms with Gasteiger partial charge in [-0.25, -0.2) is 0 Å². The summed E-state index contributed by atoms with van der Waals surface area (Å²) in [6.45, 7) is 6.52. The highest BCUT2D eigenvalue weighted by Crippen LogP contribution is 2.19. The summed E-state index contributed by atoms with van der Waals surface area (Å²) in [6.07, 6.45) is 1.19. The molecule has 1 heterocycles. The second-order valence-electron chi connectivity index (χ2n) is 5.14. The minimum absolute atomic E-state index is 0.283. The molecule has 2 nitrogen and oxygen atoms in total.